The van der Waals surface area contributed by atoms with Gasteiger partial charge in [-0.1, -0.05) is 43.2 Å². The third-order valence-electron chi connectivity index (χ3n) is 5.98. The third-order valence-corrected chi connectivity index (χ3v) is 5.98. The smallest absolute Gasteiger partial charge is 0.217 e. The number of carbonyl (C=O) groups is 1. The molecular weight excluding hydrogens is 296 g/mol. The van der Waals surface area contributed by atoms with Crippen LogP contribution in [0.25, 0.3) is 0 Å². The Kier molecular flexibility index (Phi) is 4.96. The highest BCUT2D eigenvalue weighted by Crippen LogP contribution is 2.50. The van der Waals surface area contributed by atoms with Crippen LogP contribution in [0.5, 0.6) is 0 Å². The maximum absolute atomic E-state index is 11.6. The average Bonchev–Trinajstić information content (AvgIpc) is 2.56. The number of primary amides is 1. The molecule has 4 unspecified atom stereocenters. The molecule has 3 nitrogen and oxygen atoms in total. The summed E-state index contributed by atoms with van der Waals surface area (Å²) in [6.45, 7) is 4.18. The van der Waals surface area contributed by atoms with E-state index >= 15 is 0 Å². The number of amides is 1. The van der Waals surface area contributed by atoms with Gasteiger partial charge in [-0.15, -0.1) is 6.42 Å². The zero-order valence-electron chi connectivity index (χ0n) is 14.6. The van der Waals surface area contributed by atoms with E-state index in [4.69, 9.17) is 12.2 Å². The van der Waals surface area contributed by atoms with Crippen LogP contribution in [0.15, 0.2) is 30.3 Å². The van der Waals surface area contributed by atoms with E-state index in [-0.39, 0.29) is 11.4 Å². The Morgan fingerprint density at radius 3 is 2.83 bits per heavy atom. The van der Waals surface area contributed by atoms with E-state index in [2.05, 4.69) is 42.0 Å². The first kappa shape index (κ1) is 17.0. The lowest BCUT2D eigenvalue weighted by molar-refractivity contribution is -0.121. The summed E-state index contributed by atoms with van der Waals surface area (Å²) < 4.78 is 0. The molecule has 1 aromatic rings. The van der Waals surface area contributed by atoms with Crippen molar-refractivity contribution in [2.45, 2.75) is 51.1 Å². The van der Waals surface area contributed by atoms with Gasteiger partial charge in [-0.3, -0.25) is 9.69 Å². The number of nitrogens with two attached hydrogens (primary N) is 1. The fraction of sp³-hybridized carbons (Fsp3) is 0.571. The minimum Gasteiger partial charge on any atom is -0.370 e. The molecule has 128 valence electrons. The number of hydrogen-bond acceptors (Lipinski definition) is 2. The van der Waals surface area contributed by atoms with E-state index in [0.717, 1.165) is 38.8 Å². The molecule has 1 saturated heterocycles. The quantitative estimate of drug-likeness (QED) is 0.865. The largest absolute Gasteiger partial charge is 0.370 e. The maximum atomic E-state index is 11.6. The van der Waals surface area contributed by atoms with Crippen LogP contribution in [0, 0.1) is 30.1 Å². The lowest BCUT2D eigenvalue weighted by atomic mass is 9.59. The molecule has 3 rings (SSSR count). The fourth-order valence-corrected chi connectivity index (χ4v) is 5.14. The van der Waals surface area contributed by atoms with Gasteiger partial charge in [0.1, 0.15) is 0 Å². The minimum atomic E-state index is -0.230. The summed E-state index contributed by atoms with van der Waals surface area (Å²) in [7, 11) is 0. The van der Waals surface area contributed by atoms with Gasteiger partial charge in [-0.2, -0.15) is 0 Å². The molecule has 4 atom stereocenters. The Balaban J connectivity index is 1.90. The standard InChI is InChI=1S/C21H28N2O/c1-3-21-14-16(2)12-18(13-20(22)24)19(21)10-7-11-23(21)15-17-8-5-4-6-9-17/h1,4-6,8-9,16,18-19H,7,10-15H2,2H3,(H2,22,24). The highest BCUT2D eigenvalue weighted by Gasteiger charge is 2.51. The van der Waals surface area contributed by atoms with Crippen molar-refractivity contribution in [3.8, 4) is 12.3 Å². The summed E-state index contributed by atoms with van der Waals surface area (Å²) in [5.74, 6) is 4.23. The van der Waals surface area contributed by atoms with Crippen molar-refractivity contribution >= 4 is 5.91 Å². The fourth-order valence-electron chi connectivity index (χ4n) is 5.14. The molecule has 1 aromatic carbocycles. The molecule has 2 N–H and O–H groups in total. The van der Waals surface area contributed by atoms with Gasteiger partial charge in [0, 0.05) is 13.0 Å². The van der Waals surface area contributed by atoms with Gasteiger partial charge in [0.05, 0.1) is 5.54 Å². The van der Waals surface area contributed by atoms with E-state index in [9.17, 15) is 4.79 Å². The predicted molar refractivity (Wildman–Crippen MR) is 96.8 cm³/mol. The highest BCUT2D eigenvalue weighted by atomic mass is 16.1. The summed E-state index contributed by atoms with van der Waals surface area (Å²) >= 11 is 0. The Hall–Kier alpha value is -1.79. The number of fused-ring (bicyclic) bond motifs is 1. The summed E-state index contributed by atoms with van der Waals surface area (Å²) in [4.78, 5) is 14.1. The molecule has 1 amide bonds. The summed E-state index contributed by atoms with van der Waals surface area (Å²) in [6, 6.07) is 10.5. The van der Waals surface area contributed by atoms with Gasteiger partial charge in [0.25, 0.3) is 0 Å². The Labute approximate surface area is 145 Å². The van der Waals surface area contributed by atoms with Crippen LogP contribution in [0.3, 0.4) is 0 Å². The van der Waals surface area contributed by atoms with Gasteiger partial charge >= 0.3 is 0 Å². The molecule has 24 heavy (non-hydrogen) atoms. The van der Waals surface area contributed by atoms with Gasteiger partial charge in [-0.05, 0) is 55.5 Å². The summed E-state index contributed by atoms with van der Waals surface area (Å²) in [5, 5.41) is 0. The topological polar surface area (TPSA) is 46.3 Å². The first-order chi connectivity index (χ1) is 11.5. The van der Waals surface area contributed by atoms with E-state index in [1.54, 1.807) is 0 Å². The lowest BCUT2D eigenvalue weighted by Crippen LogP contribution is -2.61. The predicted octanol–water partition coefficient (Wildman–Crippen LogP) is 3.19. The van der Waals surface area contributed by atoms with Crippen LogP contribution in [0.4, 0.5) is 0 Å². The second kappa shape index (κ2) is 6.99. The summed E-state index contributed by atoms with van der Waals surface area (Å²) in [5.41, 5.74) is 6.60. The van der Waals surface area contributed by atoms with Gasteiger partial charge in [0.2, 0.25) is 5.91 Å². The number of carbonyl (C=O) groups excluding carboxylic acids is 1. The molecule has 0 radical (unpaired) electrons. The van der Waals surface area contributed by atoms with Gasteiger partial charge in [-0.25, -0.2) is 0 Å². The molecule has 2 aliphatic rings. The zero-order chi connectivity index (χ0) is 17.2. The molecule has 0 bridgehead atoms. The molecule has 3 heteroatoms. The van der Waals surface area contributed by atoms with Gasteiger partial charge < -0.3 is 5.73 Å². The minimum absolute atomic E-state index is 0.194. The van der Waals surface area contributed by atoms with Crippen LogP contribution in [0.1, 0.15) is 44.6 Å². The normalized spacial score (nSPS) is 33.4. The molecule has 1 heterocycles. The number of likely N-dealkylation sites (tertiary alicyclic amines) is 1. The number of benzene rings is 1. The number of piperidine rings is 1. The van der Waals surface area contributed by atoms with E-state index in [1.807, 2.05) is 6.07 Å². The maximum Gasteiger partial charge on any atom is 0.217 e. The van der Waals surface area contributed by atoms with Gasteiger partial charge in [0.15, 0.2) is 0 Å². The second-order valence-corrected chi connectivity index (χ2v) is 7.70. The molecule has 1 saturated carbocycles. The number of rotatable bonds is 4. The Morgan fingerprint density at radius 1 is 1.42 bits per heavy atom. The third kappa shape index (κ3) is 3.21. The van der Waals surface area contributed by atoms with Crippen LogP contribution in [0.2, 0.25) is 0 Å². The number of hydrogen-bond donors (Lipinski definition) is 1. The van der Waals surface area contributed by atoms with Crippen LogP contribution in [-0.2, 0) is 11.3 Å². The Morgan fingerprint density at radius 2 is 2.17 bits per heavy atom. The zero-order valence-corrected chi connectivity index (χ0v) is 14.6. The van der Waals surface area contributed by atoms with Crippen molar-refractivity contribution in [3.05, 3.63) is 35.9 Å². The first-order valence-electron chi connectivity index (χ1n) is 9.10. The monoisotopic (exact) mass is 324 g/mol. The van der Waals surface area contributed by atoms with E-state index in [0.29, 0.717) is 24.2 Å². The molecule has 1 aliphatic heterocycles. The lowest BCUT2D eigenvalue weighted by Gasteiger charge is -2.56. The van der Waals surface area contributed by atoms with E-state index < -0.39 is 0 Å². The van der Waals surface area contributed by atoms with Crippen molar-refractivity contribution < 1.29 is 4.79 Å². The second-order valence-electron chi connectivity index (χ2n) is 7.70. The van der Waals surface area contributed by atoms with Crippen LogP contribution >= 0.6 is 0 Å². The first-order valence-corrected chi connectivity index (χ1v) is 9.10. The molecular formula is C21H28N2O. The number of nitrogens with zero attached hydrogens (tertiary/aromatic N) is 1. The molecule has 0 aromatic heterocycles. The van der Waals surface area contributed by atoms with E-state index in [1.165, 1.54) is 5.56 Å². The van der Waals surface area contributed by atoms with Crippen molar-refractivity contribution in [3.63, 3.8) is 0 Å². The van der Waals surface area contributed by atoms with Crippen molar-refractivity contribution in [1.82, 2.24) is 4.90 Å². The highest BCUT2D eigenvalue weighted by molar-refractivity contribution is 5.74. The SMILES string of the molecule is C#CC12CC(C)CC(CC(N)=O)C1CCCN2Cc1ccccc1. The number of terminal acetylenes is 1. The Bertz CT molecular complexity index is 620. The molecule has 2 fully saturated rings. The molecule has 1 aliphatic carbocycles. The van der Waals surface area contributed by atoms with Crippen molar-refractivity contribution in [2.24, 2.45) is 23.5 Å². The van der Waals surface area contributed by atoms with Crippen LogP contribution < -0.4 is 5.73 Å². The molecule has 0 spiro atoms. The average molecular weight is 324 g/mol. The summed E-state index contributed by atoms with van der Waals surface area (Å²) in [6.07, 6.45) is 11.0. The van der Waals surface area contributed by atoms with Crippen molar-refractivity contribution in [1.29, 1.82) is 0 Å². The van der Waals surface area contributed by atoms with Crippen molar-refractivity contribution in [2.75, 3.05) is 6.54 Å². The van der Waals surface area contributed by atoms with Crippen LogP contribution in [-0.4, -0.2) is 22.9 Å².